The average molecular weight is 398 g/mol. The molecule has 5 saturated carbocycles. The third kappa shape index (κ3) is 2.92. The largest absolute Gasteiger partial charge is 0.328 e. The molecule has 0 spiro atoms. The van der Waals surface area contributed by atoms with Gasteiger partial charge in [-0.1, -0.05) is 30.3 Å². The smallest absolute Gasteiger partial charge is 0.270 e. The van der Waals surface area contributed by atoms with Crippen LogP contribution in [0.4, 0.5) is 8.78 Å². The normalized spacial score (nSPS) is 40.7. The molecule has 5 aliphatic rings. The maximum absolute atomic E-state index is 13.8. The van der Waals surface area contributed by atoms with Crippen molar-refractivity contribution in [2.45, 2.75) is 62.8 Å². The zero-order chi connectivity index (χ0) is 20.2. The maximum atomic E-state index is 13.8. The first-order valence-corrected chi connectivity index (χ1v) is 10.9. The van der Waals surface area contributed by atoms with Crippen LogP contribution in [-0.4, -0.2) is 18.2 Å². The lowest BCUT2D eigenvalue weighted by Gasteiger charge is -2.40. The Morgan fingerprint density at radius 2 is 1.79 bits per heavy atom. The Kier molecular flexibility index (Phi) is 4.50. The van der Waals surface area contributed by atoms with Crippen molar-refractivity contribution < 1.29 is 13.6 Å². The minimum Gasteiger partial charge on any atom is -0.328 e. The molecule has 0 saturated heterocycles. The van der Waals surface area contributed by atoms with Crippen LogP contribution in [0.5, 0.6) is 0 Å². The lowest BCUT2D eigenvalue weighted by Crippen LogP contribution is -2.37. The molecule has 5 fully saturated rings. The highest BCUT2D eigenvalue weighted by Gasteiger charge is 2.70. The first kappa shape index (κ1) is 19.1. The van der Waals surface area contributed by atoms with Crippen LogP contribution in [0, 0.1) is 23.2 Å². The fraction of sp³-hybridized carbons (Fsp3) is 0.583. The molecule has 5 aliphatic carbocycles. The molecule has 3 nitrogen and oxygen atoms in total. The lowest BCUT2D eigenvalue weighted by molar-refractivity contribution is -0.129. The Bertz CT molecular complexity index is 870. The van der Waals surface area contributed by atoms with Crippen LogP contribution in [0.3, 0.4) is 0 Å². The van der Waals surface area contributed by atoms with Crippen LogP contribution in [0.15, 0.2) is 47.0 Å². The van der Waals surface area contributed by atoms with Gasteiger partial charge in [-0.15, -0.1) is 0 Å². The van der Waals surface area contributed by atoms with Crippen LogP contribution < -0.4 is 5.73 Å². The van der Waals surface area contributed by atoms with Gasteiger partial charge in [0, 0.05) is 23.7 Å². The van der Waals surface area contributed by atoms with Gasteiger partial charge in [0.05, 0.1) is 5.41 Å². The van der Waals surface area contributed by atoms with Gasteiger partial charge in [0.1, 0.15) is 0 Å². The van der Waals surface area contributed by atoms with Gasteiger partial charge >= 0.3 is 0 Å². The SMILES string of the molecule is NC1CCC(C=NC(=O)C23CC4CC(c5ccccc5)(CC2C4=C(F)F)C3)CC1. The molecule has 1 amide bonds. The second kappa shape index (κ2) is 6.83. The van der Waals surface area contributed by atoms with Crippen molar-refractivity contribution in [1.29, 1.82) is 0 Å². The monoisotopic (exact) mass is 398 g/mol. The van der Waals surface area contributed by atoms with E-state index in [0.717, 1.165) is 32.1 Å². The molecule has 1 aromatic carbocycles. The highest BCUT2D eigenvalue weighted by Crippen LogP contribution is 2.73. The van der Waals surface area contributed by atoms with E-state index >= 15 is 0 Å². The second-order valence-corrected chi connectivity index (χ2v) is 9.82. The molecular weight excluding hydrogens is 370 g/mol. The van der Waals surface area contributed by atoms with Crippen molar-refractivity contribution in [1.82, 2.24) is 0 Å². The predicted molar refractivity (Wildman–Crippen MR) is 109 cm³/mol. The number of allylic oxidation sites excluding steroid dienone is 1. The molecular formula is C24H28F2N2O. The fourth-order valence-electron chi connectivity index (χ4n) is 6.97. The van der Waals surface area contributed by atoms with Crippen molar-refractivity contribution >= 4 is 12.1 Å². The number of hydrogen-bond donors (Lipinski definition) is 1. The topological polar surface area (TPSA) is 55.4 Å². The Balaban J connectivity index is 1.46. The molecule has 6 rings (SSSR count). The van der Waals surface area contributed by atoms with Crippen LogP contribution in [0.25, 0.3) is 0 Å². The van der Waals surface area contributed by atoms with E-state index in [0.29, 0.717) is 19.3 Å². The zero-order valence-corrected chi connectivity index (χ0v) is 16.6. The van der Waals surface area contributed by atoms with Crippen molar-refractivity contribution in [2.24, 2.45) is 33.9 Å². The summed E-state index contributed by atoms with van der Waals surface area (Å²) in [6.45, 7) is 0. The number of nitrogens with zero attached hydrogens (tertiary/aromatic N) is 1. The Morgan fingerprint density at radius 1 is 1.07 bits per heavy atom. The van der Waals surface area contributed by atoms with Crippen LogP contribution in [0.2, 0.25) is 0 Å². The minimum absolute atomic E-state index is 0.170. The molecule has 5 heteroatoms. The summed E-state index contributed by atoms with van der Waals surface area (Å²) in [5, 5.41) is 0. The summed E-state index contributed by atoms with van der Waals surface area (Å²) >= 11 is 0. The molecule has 0 heterocycles. The molecule has 154 valence electrons. The summed E-state index contributed by atoms with van der Waals surface area (Å²) < 4.78 is 27.7. The van der Waals surface area contributed by atoms with Crippen LogP contribution >= 0.6 is 0 Å². The van der Waals surface area contributed by atoms with E-state index < -0.39 is 11.5 Å². The Hall–Kier alpha value is -1.88. The molecule has 0 aromatic heterocycles. The van der Waals surface area contributed by atoms with Crippen LogP contribution in [0.1, 0.15) is 56.9 Å². The van der Waals surface area contributed by atoms with Gasteiger partial charge in [0.2, 0.25) is 0 Å². The lowest BCUT2D eigenvalue weighted by atomic mass is 9.63. The standard InChI is InChI=1S/C24H28F2N2O/c25-21(26)20-16-10-23(17-4-2-1-3-5-17)12-19(20)24(11-16,14-23)22(29)28-13-15-6-8-18(27)9-7-15/h1-5,13,15-16,18-19H,6-12,14,27H2. The maximum Gasteiger partial charge on any atom is 0.270 e. The number of hydrogen-bond acceptors (Lipinski definition) is 2. The van der Waals surface area contributed by atoms with Gasteiger partial charge in [0.15, 0.2) is 0 Å². The van der Waals surface area contributed by atoms with E-state index in [1.54, 1.807) is 6.21 Å². The second-order valence-electron chi connectivity index (χ2n) is 9.82. The minimum atomic E-state index is -1.57. The van der Waals surface area contributed by atoms with Gasteiger partial charge < -0.3 is 5.73 Å². The summed E-state index contributed by atoms with van der Waals surface area (Å²) in [7, 11) is 0. The summed E-state index contributed by atoms with van der Waals surface area (Å²) in [5.74, 6) is -0.450. The molecule has 2 N–H and O–H groups in total. The van der Waals surface area contributed by atoms with Crippen molar-refractivity contribution in [2.75, 3.05) is 0 Å². The van der Waals surface area contributed by atoms with E-state index in [1.807, 2.05) is 18.2 Å². The average Bonchev–Trinajstić information content (AvgIpc) is 3.10. The summed E-state index contributed by atoms with van der Waals surface area (Å²) in [4.78, 5) is 17.8. The third-order valence-electron chi connectivity index (χ3n) is 8.23. The van der Waals surface area contributed by atoms with Gasteiger partial charge in [-0.3, -0.25) is 4.79 Å². The first-order chi connectivity index (χ1) is 13.9. The van der Waals surface area contributed by atoms with Crippen molar-refractivity contribution in [3.8, 4) is 0 Å². The molecule has 0 radical (unpaired) electrons. The van der Waals surface area contributed by atoms with E-state index in [9.17, 15) is 13.6 Å². The van der Waals surface area contributed by atoms with Crippen molar-refractivity contribution in [3.63, 3.8) is 0 Å². The first-order valence-electron chi connectivity index (χ1n) is 10.9. The van der Waals surface area contributed by atoms with E-state index in [-0.39, 0.29) is 40.7 Å². The fourth-order valence-corrected chi connectivity index (χ4v) is 6.97. The molecule has 4 bridgehead atoms. The van der Waals surface area contributed by atoms with Gasteiger partial charge in [-0.05, 0) is 74.2 Å². The summed E-state index contributed by atoms with van der Waals surface area (Å²) in [5.41, 5.74) is 6.49. The number of carbonyl (C=O) groups is 1. The number of benzene rings is 1. The Morgan fingerprint density at radius 3 is 2.48 bits per heavy atom. The molecule has 29 heavy (non-hydrogen) atoms. The van der Waals surface area contributed by atoms with Gasteiger partial charge in [0.25, 0.3) is 12.0 Å². The Labute approximate surface area is 170 Å². The number of amides is 1. The molecule has 0 aliphatic heterocycles. The number of halogens is 2. The van der Waals surface area contributed by atoms with Gasteiger partial charge in [-0.25, -0.2) is 4.99 Å². The molecule has 4 unspecified atom stereocenters. The van der Waals surface area contributed by atoms with Gasteiger partial charge in [-0.2, -0.15) is 8.78 Å². The third-order valence-corrected chi connectivity index (χ3v) is 8.23. The summed E-state index contributed by atoms with van der Waals surface area (Å²) in [6, 6.07) is 10.4. The number of carbonyl (C=O) groups excluding carboxylic acids is 1. The van der Waals surface area contributed by atoms with E-state index in [2.05, 4.69) is 17.1 Å². The highest BCUT2D eigenvalue weighted by atomic mass is 19.3. The quantitative estimate of drug-likeness (QED) is 0.728. The van der Waals surface area contributed by atoms with Crippen molar-refractivity contribution in [3.05, 3.63) is 47.5 Å². The number of rotatable bonds is 3. The predicted octanol–water partition coefficient (Wildman–Crippen LogP) is 5.01. The molecule has 1 aromatic rings. The number of aliphatic imine (C=N–C) groups is 1. The van der Waals surface area contributed by atoms with E-state index in [1.165, 1.54) is 5.56 Å². The van der Waals surface area contributed by atoms with Crippen LogP contribution in [-0.2, 0) is 10.2 Å². The van der Waals surface area contributed by atoms with E-state index in [4.69, 9.17) is 5.73 Å². The summed E-state index contributed by atoms with van der Waals surface area (Å²) in [6.07, 6.45) is 6.59. The molecule has 4 atom stereocenters. The zero-order valence-electron chi connectivity index (χ0n) is 16.6. The highest BCUT2D eigenvalue weighted by molar-refractivity contribution is 5.92. The number of nitrogens with two attached hydrogens (primary N) is 1.